The highest BCUT2D eigenvalue weighted by Gasteiger charge is 2.33. The number of ether oxygens (including phenoxy) is 2. The van der Waals surface area contributed by atoms with Gasteiger partial charge in [-0.3, -0.25) is 9.59 Å². The molecule has 1 aromatic heterocycles. The SMILES string of the molecule is COc1ccccc1OCC1c2ccsc2CCN1C(=O)CN(CC(C)C)C(=O)Cc1ccccc1. The van der Waals surface area contributed by atoms with Gasteiger partial charge in [-0.2, -0.15) is 0 Å². The van der Waals surface area contributed by atoms with Crippen LogP contribution in [0.25, 0.3) is 0 Å². The summed E-state index contributed by atoms with van der Waals surface area (Å²) in [4.78, 5) is 31.8. The van der Waals surface area contributed by atoms with Crippen LogP contribution in [0.15, 0.2) is 66.0 Å². The molecule has 1 atom stereocenters. The Labute approximate surface area is 217 Å². The molecule has 4 rings (SSSR count). The number of thiophene rings is 1. The van der Waals surface area contributed by atoms with Crippen molar-refractivity contribution in [3.63, 3.8) is 0 Å². The molecule has 0 saturated carbocycles. The second-order valence-electron chi connectivity index (χ2n) is 9.44. The summed E-state index contributed by atoms with van der Waals surface area (Å²) in [5.41, 5.74) is 2.08. The van der Waals surface area contributed by atoms with E-state index in [4.69, 9.17) is 9.47 Å². The number of carbonyl (C=O) groups excluding carboxylic acids is 2. The Morgan fingerprint density at radius 1 is 1.06 bits per heavy atom. The molecule has 0 bridgehead atoms. The molecule has 190 valence electrons. The van der Waals surface area contributed by atoms with Gasteiger partial charge in [0, 0.05) is 18.0 Å². The number of para-hydroxylation sites is 2. The smallest absolute Gasteiger partial charge is 0.242 e. The monoisotopic (exact) mass is 506 g/mol. The average molecular weight is 507 g/mol. The third kappa shape index (κ3) is 6.26. The molecule has 1 aliphatic rings. The van der Waals surface area contributed by atoms with Crippen LogP contribution in [0.2, 0.25) is 0 Å². The minimum Gasteiger partial charge on any atom is -0.493 e. The zero-order valence-electron chi connectivity index (χ0n) is 21.2. The van der Waals surface area contributed by atoms with E-state index in [1.165, 1.54) is 4.88 Å². The first kappa shape index (κ1) is 25.8. The first-order valence-corrected chi connectivity index (χ1v) is 13.3. The van der Waals surface area contributed by atoms with Gasteiger partial charge in [-0.25, -0.2) is 0 Å². The van der Waals surface area contributed by atoms with Gasteiger partial charge in [0.25, 0.3) is 0 Å². The van der Waals surface area contributed by atoms with Gasteiger partial charge in [0.15, 0.2) is 11.5 Å². The number of nitrogens with zero attached hydrogens (tertiary/aromatic N) is 2. The van der Waals surface area contributed by atoms with Gasteiger partial charge in [-0.05, 0) is 47.0 Å². The van der Waals surface area contributed by atoms with Crippen LogP contribution >= 0.6 is 11.3 Å². The van der Waals surface area contributed by atoms with E-state index in [9.17, 15) is 9.59 Å². The predicted molar refractivity (Wildman–Crippen MR) is 143 cm³/mol. The summed E-state index contributed by atoms with van der Waals surface area (Å²) in [6.07, 6.45) is 1.10. The van der Waals surface area contributed by atoms with Crippen molar-refractivity contribution in [2.24, 2.45) is 5.92 Å². The molecule has 1 aliphatic heterocycles. The Bertz CT molecular complexity index is 1160. The van der Waals surface area contributed by atoms with Gasteiger partial charge in [0.1, 0.15) is 6.61 Å². The molecule has 0 N–H and O–H groups in total. The molecule has 0 saturated heterocycles. The molecule has 0 spiro atoms. The van der Waals surface area contributed by atoms with E-state index in [0.29, 0.717) is 31.2 Å². The zero-order valence-corrected chi connectivity index (χ0v) is 22.0. The maximum atomic E-state index is 13.7. The lowest BCUT2D eigenvalue weighted by Gasteiger charge is -2.37. The number of rotatable bonds is 10. The van der Waals surface area contributed by atoms with Crippen LogP contribution in [-0.2, 0) is 22.4 Å². The topological polar surface area (TPSA) is 59.1 Å². The van der Waals surface area contributed by atoms with Crippen molar-refractivity contribution in [1.82, 2.24) is 9.80 Å². The summed E-state index contributed by atoms with van der Waals surface area (Å²) in [5.74, 6) is 1.48. The number of benzene rings is 2. The zero-order chi connectivity index (χ0) is 25.5. The molecule has 7 heteroatoms. The van der Waals surface area contributed by atoms with Crippen molar-refractivity contribution in [3.05, 3.63) is 82.0 Å². The summed E-state index contributed by atoms with van der Waals surface area (Å²) in [7, 11) is 1.62. The molecule has 0 aliphatic carbocycles. The van der Waals surface area contributed by atoms with E-state index in [1.54, 1.807) is 23.3 Å². The van der Waals surface area contributed by atoms with Crippen LogP contribution in [0.5, 0.6) is 11.5 Å². The van der Waals surface area contributed by atoms with Crippen LogP contribution in [0, 0.1) is 5.92 Å². The van der Waals surface area contributed by atoms with E-state index >= 15 is 0 Å². The predicted octanol–water partition coefficient (Wildman–Crippen LogP) is 4.99. The van der Waals surface area contributed by atoms with Gasteiger partial charge < -0.3 is 19.3 Å². The second-order valence-corrected chi connectivity index (χ2v) is 10.4. The minimum atomic E-state index is -0.220. The van der Waals surface area contributed by atoms with E-state index in [2.05, 4.69) is 25.3 Å². The van der Waals surface area contributed by atoms with E-state index in [-0.39, 0.29) is 36.7 Å². The first-order valence-electron chi connectivity index (χ1n) is 12.4. The van der Waals surface area contributed by atoms with E-state index in [1.807, 2.05) is 59.5 Å². The van der Waals surface area contributed by atoms with Gasteiger partial charge >= 0.3 is 0 Å². The molecule has 3 aromatic rings. The first-order chi connectivity index (χ1) is 17.5. The lowest BCUT2D eigenvalue weighted by molar-refractivity contribution is -0.142. The second kappa shape index (κ2) is 12.1. The average Bonchev–Trinajstić information content (AvgIpc) is 3.36. The fraction of sp³-hybridized carbons (Fsp3) is 0.379. The molecule has 2 amide bonds. The van der Waals surface area contributed by atoms with Crippen LogP contribution in [0.3, 0.4) is 0 Å². The molecule has 0 fully saturated rings. The third-order valence-electron chi connectivity index (χ3n) is 6.34. The summed E-state index contributed by atoms with van der Waals surface area (Å²) in [5, 5.41) is 2.07. The highest BCUT2D eigenvalue weighted by atomic mass is 32.1. The van der Waals surface area contributed by atoms with E-state index in [0.717, 1.165) is 17.5 Å². The maximum absolute atomic E-state index is 13.7. The number of fused-ring (bicyclic) bond motifs is 1. The summed E-state index contributed by atoms with van der Waals surface area (Å²) < 4.78 is 11.6. The fourth-order valence-electron chi connectivity index (χ4n) is 4.61. The Balaban J connectivity index is 1.51. The van der Waals surface area contributed by atoms with Crippen molar-refractivity contribution in [2.75, 3.05) is 33.4 Å². The number of hydrogen-bond acceptors (Lipinski definition) is 5. The van der Waals surface area contributed by atoms with Gasteiger partial charge in [-0.15, -0.1) is 11.3 Å². The molecule has 2 heterocycles. The summed E-state index contributed by atoms with van der Waals surface area (Å²) in [6.45, 7) is 5.66. The number of methoxy groups -OCH3 is 1. The molecular formula is C29H34N2O4S. The van der Waals surface area contributed by atoms with Crippen molar-refractivity contribution in [3.8, 4) is 11.5 Å². The van der Waals surface area contributed by atoms with Gasteiger partial charge in [0.2, 0.25) is 11.8 Å². The summed E-state index contributed by atoms with van der Waals surface area (Å²) >= 11 is 1.72. The summed E-state index contributed by atoms with van der Waals surface area (Å²) in [6, 6.07) is 19.1. The highest BCUT2D eigenvalue weighted by Crippen LogP contribution is 2.35. The number of amides is 2. The molecular weight excluding hydrogens is 472 g/mol. The highest BCUT2D eigenvalue weighted by molar-refractivity contribution is 7.10. The third-order valence-corrected chi connectivity index (χ3v) is 7.34. The standard InChI is InChI=1S/C29H34N2O4S/c1-21(2)18-30(28(32)17-22-9-5-4-6-10-22)19-29(33)31-15-13-27-23(14-16-36-27)24(31)20-35-26-12-8-7-11-25(26)34-3/h4-12,14,16,21,24H,13,15,17-20H2,1-3H3. The minimum absolute atomic E-state index is 0.0293. The van der Waals surface area contributed by atoms with Crippen LogP contribution in [0.1, 0.15) is 35.9 Å². The quantitative estimate of drug-likeness (QED) is 0.389. The lowest BCUT2D eigenvalue weighted by Crippen LogP contribution is -2.48. The fourth-order valence-corrected chi connectivity index (χ4v) is 5.54. The number of hydrogen-bond donors (Lipinski definition) is 0. The van der Waals surface area contributed by atoms with Crippen LogP contribution in [-0.4, -0.2) is 55.0 Å². The Kier molecular flexibility index (Phi) is 8.65. The van der Waals surface area contributed by atoms with Gasteiger partial charge in [-0.1, -0.05) is 56.3 Å². The van der Waals surface area contributed by atoms with Crippen molar-refractivity contribution in [1.29, 1.82) is 0 Å². The maximum Gasteiger partial charge on any atom is 0.242 e. The molecule has 2 aromatic carbocycles. The van der Waals surface area contributed by atoms with Crippen molar-refractivity contribution < 1.29 is 19.1 Å². The molecule has 0 radical (unpaired) electrons. The largest absolute Gasteiger partial charge is 0.493 e. The number of carbonyl (C=O) groups is 2. The van der Waals surface area contributed by atoms with Crippen molar-refractivity contribution >= 4 is 23.2 Å². The Morgan fingerprint density at radius 3 is 2.50 bits per heavy atom. The normalized spacial score (nSPS) is 14.9. The van der Waals surface area contributed by atoms with E-state index < -0.39 is 0 Å². The van der Waals surface area contributed by atoms with Crippen LogP contribution in [0.4, 0.5) is 0 Å². The molecule has 6 nitrogen and oxygen atoms in total. The molecule has 1 unspecified atom stereocenters. The van der Waals surface area contributed by atoms with Crippen molar-refractivity contribution in [2.45, 2.75) is 32.7 Å². The van der Waals surface area contributed by atoms with Gasteiger partial charge in [0.05, 0.1) is 26.1 Å². The van der Waals surface area contributed by atoms with Crippen LogP contribution < -0.4 is 9.47 Å². The Morgan fingerprint density at radius 2 is 1.78 bits per heavy atom. The molecule has 36 heavy (non-hydrogen) atoms. The Hall–Kier alpha value is -3.32. The lowest BCUT2D eigenvalue weighted by atomic mass is 10.00.